The van der Waals surface area contributed by atoms with Gasteiger partial charge in [-0.2, -0.15) is 5.26 Å². The highest BCUT2D eigenvalue weighted by molar-refractivity contribution is 5.80. The highest BCUT2D eigenvalue weighted by atomic mass is 16.5. The summed E-state index contributed by atoms with van der Waals surface area (Å²) in [4.78, 5) is 12.2. The summed E-state index contributed by atoms with van der Waals surface area (Å²) in [5.41, 5.74) is -0.824. The van der Waals surface area contributed by atoms with Crippen molar-refractivity contribution < 1.29 is 9.53 Å². The molecule has 0 amide bonds. The first kappa shape index (κ1) is 12.4. The first-order valence-electron chi connectivity index (χ1n) is 6.89. The molecule has 2 aliphatic rings. The zero-order valence-corrected chi connectivity index (χ0v) is 10.4. The molecule has 2 fully saturated rings. The molecule has 2 aliphatic carbocycles. The molecule has 0 spiro atoms. The van der Waals surface area contributed by atoms with Crippen LogP contribution in [-0.4, -0.2) is 12.1 Å². The Hall–Kier alpha value is -1.04. The van der Waals surface area contributed by atoms with E-state index in [1.807, 2.05) is 0 Å². The van der Waals surface area contributed by atoms with Crippen molar-refractivity contribution in [2.45, 2.75) is 70.3 Å². The van der Waals surface area contributed by atoms with Crippen LogP contribution in [0.25, 0.3) is 0 Å². The van der Waals surface area contributed by atoms with Gasteiger partial charge in [0.25, 0.3) is 0 Å². The number of carbonyl (C=O) groups excluding carboxylic acids is 1. The molecule has 0 aromatic rings. The van der Waals surface area contributed by atoms with Crippen LogP contribution < -0.4 is 0 Å². The van der Waals surface area contributed by atoms with E-state index in [2.05, 4.69) is 6.07 Å². The predicted octanol–water partition coefficient (Wildman–Crippen LogP) is 3.34. The molecule has 0 bridgehead atoms. The zero-order valence-electron chi connectivity index (χ0n) is 10.4. The lowest BCUT2D eigenvalue weighted by Crippen LogP contribution is -2.36. The normalized spacial score (nSPS) is 24.9. The zero-order chi connectivity index (χ0) is 12.1. The molecule has 3 nitrogen and oxygen atoms in total. The summed E-state index contributed by atoms with van der Waals surface area (Å²) in [6, 6.07) is 2.23. The first-order valence-corrected chi connectivity index (χ1v) is 6.89. The van der Waals surface area contributed by atoms with Gasteiger partial charge in [-0.15, -0.1) is 0 Å². The third kappa shape index (κ3) is 2.80. The van der Waals surface area contributed by atoms with E-state index < -0.39 is 5.41 Å². The molecule has 2 saturated carbocycles. The Kier molecular flexibility index (Phi) is 4.04. The summed E-state index contributed by atoms with van der Waals surface area (Å²) in [6.45, 7) is 0. The average Bonchev–Trinajstić information content (AvgIpc) is 2.40. The maximum Gasteiger partial charge on any atom is 0.326 e. The highest BCUT2D eigenvalue weighted by Gasteiger charge is 2.42. The fraction of sp³-hybridized carbons (Fsp3) is 0.857. The minimum Gasteiger partial charge on any atom is -0.461 e. The second-order valence-corrected chi connectivity index (χ2v) is 5.42. The molecule has 2 rings (SSSR count). The van der Waals surface area contributed by atoms with Crippen LogP contribution in [0.5, 0.6) is 0 Å². The van der Waals surface area contributed by atoms with Gasteiger partial charge in [0.2, 0.25) is 0 Å². The van der Waals surface area contributed by atoms with Crippen LogP contribution in [0, 0.1) is 16.7 Å². The highest BCUT2D eigenvalue weighted by Crippen LogP contribution is 2.37. The van der Waals surface area contributed by atoms with Crippen LogP contribution in [0.2, 0.25) is 0 Å². The van der Waals surface area contributed by atoms with Gasteiger partial charge in [-0.1, -0.05) is 25.7 Å². The third-order valence-electron chi connectivity index (χ3n) is 4.14. The van der Waals surface area contributed by atoms with E-state index >= 15 is 0 Å². The number of hydrogen-bond donors (Lipinski definition) is 0. The molecule has 0 aromatic heterocycles. The van der Waals surface area contributed by atoms with Gasteiger partial charge in [0, 0.05) is 0 Å². The molecule has 0 N–H and O–H groups in total. The molecular formula is C14H21NO2. The van der Waals surface area contributed by atoms with E-state index in [4.69, 9.17) is 4.74 Å². The van der Waals surface area contributed by atoms with E-state index in [0.29, 0.717) is 12.8 Å². The van der Waals surface area contributed by atoms with Crippen molar-refractivity contribution in [1.29, 1.82) is 5.26 Å². The Bertz CT molecular complexity index is 307. The van der Waals surface area contributed by atoms with Crippen LogP contribution in [0.4, 0.5) is 0 Å². The quantitative estimate of drug-likeness (QED) is 0.690. The number of nitriles is 1. The molecule has 94 valence electrons. The van der Waals surface area contributed by atoms with E-state index in [0.717, 1.165) is 44.9 Å². The van der Waals surface area contributed by atoms with Crippen molar-refractivity contribution in [3.8, 4) is 6.07 Å². The van der Waals surface area contributed by atoms with Crippen LogP contribution in [0.1, 0.15) is 64.2 Å². The monoisotopic (exact) mass is 235 g/mol. The minimum absolute atomic E-state index is 0.0726. The Morgan fingerprint density at radius 1 is 1.06 bits per heavy atom. The molecule has 0 radical (unpaired) electrons. The van der Waals surface area contributed by atoms with Gasteiger partial charge in [0.1, 0.15) is 6.10 Å². The summed E-state index contributed by atoms with van der Waals surface area (Å²) >= 11 is 0. The van der Waals surface area contributed by atoms with Gasteiger partial charge < -0.3 is 4.74 Å². The number of ether oxygens (including phenoxy) is 1. The Morgan fingerprint density at radius 2 is 1.65 bits per heavy atom. The topological polar surface area (TPSA) is 50.1 Å². The van der Waals surface area contributed by atoms with Crippen molar-refractivity contribution in [2.75, 3.05) is 0 Å². The summed E-state index contributed by atoms with van der Waals surface area (Å²) in [6.07, 6.45) is 10.1. The standard InChI is InChI=1S/C14H21NO2/c15-11-14(9-5-2-6-10-14)13(16)17-12-7-3-1-4-8-12/h12H,1-10H2. The lowest BCUT2D eigenvalue weighted by atomic mass is 9.75. The maximum atomic E-state index is 12.2. The van der Waals surface area contributed by atoms with Gasteiger partial charge in [0.15, 0.2) is 5.41 Å². The lowest BCUT2D eigenvalue weighted by Gasteiger charge is -2.31. The van der Waals surface area contributed by atoms with Crippen molar-refractivity contribution in [1.82, 2.24) is 0 Å². The van der Waals surface area contributed by atoms with E-state index in [1.165, 1.54) is 6.42 Å². The summed E-state index contributed by atoms with van der Waals surface area (Å²) in [5, 5.41) is 9.29. The largest absolute Gasteiger partial charge is 0.461 e. The van der Waals surface area contributed by atoms with Crippen LogP contribution in [0.3, 0.4) is 0 Å². The van der Waals surface area contributed by atoms with Gasteiger partial charge in [-0.25, -0.2) is 0 Å². The molecule has 0 aliphatic heterocycles. The van der Waals surface area contributed by atoms with Crippen LogP contribution in [-0.2, 0) is 9.53 Å². The van der Waals surface area contributed by atoms with Crippen molar-refractivity contribution >= 4 is 5.97 Å². The maximum absolute atomic E-state index is 12.2. The fourth-order valence-electron chi connectivity index (χ4n) is 2.96. The Morgan fingerprint density at radius 3 is 2.24 bits per heavy atom. The predicted molar refractivity (Wildman–Crippen MR) is 64.1 cm³/mol. The molecule has 0 heterocycles. The molecule has 0 saturated heterocycles. The number of hydrogen-bond acceptors (Lipinski definition) is 3. The van der Waals surface area contributed by atoms with Gasteiger partial charge >= 0.3 is 5.97 Å². The van der Waals surface area contributed by atoms with Gasteiger partial charge in [-0.05, 0) is 38.5 Å². The van der Waals surface area contributed by atoms with E-state index in [1.54, 1.807) is 0 Å². The van der Waals surface area contributed by atoms with E-state index in [-0.39, 0.29) is 12.1 Å². The number of nitrogens with zero attached hydrogens (tertiary/aromatic N) is 1. The Balaban J connectivity index is 1.94. The summed E-state index contributed by atoms with van der Waals surface area (Å²) in [5.74, 6) is -0.244. The minimum atomic E-state index is -0.824. The molecule has 0 unspecified atom stereocenters. The lowest BCUT2D eigenvalue weighted by molar-refractivity contribution is -0.161. The summed E-state index contributed by atoms with van der Waals surface area (Å²) in [7, 11) is 0. The van der Waals surface area contributed by atoms with Crippen molar-refractivity contribution in [2.24, 2.45) is 5.41 Å². The molecule has 17 heavy (non-hydrogen) atoms. The van der Waals surface area contributed by atoms with Crippen LogP contribution in [0.15, 0.2) is 0 Å². The van der Waals surface area contributed by atoms with Crippen molar-refractivity contribution in [3.05, 3.63) is 0 Å². The first-order chi connectivity index (χ1) is 8.27. The number of rotatable bonds is 2. The van der Waals surface area contributed by atoms with Crippen LogP contribution >= 0.6 is 0 Å². The van der Waals surface area contributed by atoms with Crippen molar-refractivity contribution in [3.63, 3.8) is 0 Å². The number of carbonyl (C=O) groups is 1. The molecule has 3 heteroatoms. The number of esters is 1. The smallest absolute Gasteiger partial charge is 0.326 e. The summed E-state index contributed by atoms with van der Waals surface area (Å²) < 4.78 is 5.56. The van der Waals surface area contributed by atoms with E-state index in [9.17, 15) is 10.1 Å². The third-order valence-corrected chi connectivity index (χ3v) is 4.14. The fourth-order valence-corrected chi connectivity index (χ4v) is 2.96. The van der Waals surface area contributed by atoms with Gasteiger partial charge in [-0.3, -0.25) is 4.79 Å². The molecule has 0 aromatic carbocycles. The Labute approximate surface area is 103 Å². The molecule has 0 atom stereocenters. The second-order valence-electron chi connectivity index (χ2n) is 5.42. The second kappa shape index (κ2) is 5.53. The molecular weight excluding hydrogens is 214 g/mol. The SMILES string of the molecule is N#CC1(C(=O)OC2CCCCC2)CCCCC1. The van der Waals surface area contributed by atoms with Gasteiger partial charge in [0.05, 0.1) is 6.07 Å². The average molecular weight is 235 g/mol.